The first-order valence-electron chi connectivity index (χ1n) is 4.98. The molecule has 0 heterocycles. The molecule has 1 N–H and O–H groups in total. The van der Waals surface area contributed by atoms with Gasteiger partial charge in [-0.2, -0.15) is 13.2 Å². The van der Waals surface area contributed by atoms with Gasteiger partial charge in [-0.15, -0.1) is 0 Å². The first-order valence-corrected chi connectivity index (χ1v) is 4.98. The number of halogens is 3. The van der Waals surface area contributed by atoms with Gasteiger partial charge < -0.3 is 5.11 Å². The van der Waals surface area contributed by atoms with Gasteiger partial charge in [0.05, 0.1) is 0 Å². The number of alkyl halides is 3. The molecule has 0 amide bonds. The molecule has 0 fully saturated rings. The molecule has 0 aromatic heterocycles. The van der Waals surface area contributed by atoms with Crippen molar-refractivity contribution in [3.8, 4) is 0 Å². The zero-order valence-corrected chi connectivity index (χ0v) is 9.47. The third kappa shape index (κ3) is 2.76. The molecule has 0 saturated carbocycles. The minimum atomic E-state index is -4.62. The number of aliphatic hydroxyl groups excluding tert-OH is 1. The van der Waals surface area contributed by atoms with Gasteiger partial charge in [-0.25, -0.2) is 0 Å². The Hall–Kier alpha value is -1.03. The fraction of sp³-hybridized carbons (Fsp3) is 0.500. The molecule has 0 aliphatic rings. The molecule has 1 rings (SSSR count). The van der Waals surface area contributed by atoms with Crippen LogP contribution in [-0.2, 0) is 5.41 Å². The normalized spacial score (nSPS) is 14.9. The van der Waals surface area contributed by atoms with Crippen LogP contribution in [0.2, 0.25) is 0 Å². The van der Waals surface area contributed by atoms with Crippen LogP contribution in [0.5, 0.6) is 0 Å². The van der Waals surface area contributed by atoms with E-state index in [2.05, 4.69) is 0 Å². The molecule has 1 aromatic rings. The van der Waals surface area contributed by atoms with Gasteiger partial charge in [-0.05, 0) is 16.5 Å². The van der Waals surface area contributed by atoms with E-state index in [1.54, 1.807) is 12.1 Å². The standard InChI is InChI=1S/C12H15F3O/c1-11(2,3)9-7-5-4-6-8(9)10(16)12(13,14)15/h4-7,10,16H,1-3H3/t10-/m0/s1. The Labute approximate surface area is 92.9 Å². The molecular weight excluding hydrogens is 217 g/mol. The third-order valence-corrected chi connectivity index (χ3v) is 2.37. The van der Waals surface area contributed by atoms with E-state index in [4.69, 9.17) is 0 Å². The number of benzene rings is 1. The van der Waals surface area contributed by atoms with Crippen molar-refractivity contribution < 1.29 is 18.3 Å². The summed E-state index contributed by atoms with van der Waals surface area (Å²) in [5.74, 6) is 0. The summed E-state index contributed by atoms with van der Waals surface area (Å²) in [7, 11) is 0. The van der Waals surface area contributed by atoms with Gasteiger partial charge in [0, 0.05) is 0 Å². The Morgan fingerprint density at radius 3 is 2.00 bits per heavy atom. The lowest BCUT2D eigenvalue weighted by Crippen LogP contribution is -2.24. The third-order valence-electron chi connectivity index (χ3n) is 2.37. The molecule has 0 aliphatic heterocycles. The fourth-order valence-corrected chi connectivity index (χ4v) is 1.59. The average molecular weight is 232 g/mol. The zero-order chi connectivity index (χ0) is 12.6. The van der Waals surface area contributed by atoms with Gasteiger partial charge in [0.15, 0.2) is 6.10 Å². The van der Waals surface area contributed by atoms with Gasteiger partial charge in [-0.3, -0.25) is 0 Å². The summed E-state index contributed by atoms with van der Waals surface area (Å²) in [6.45, 7) is 5.44. The maximum absolute atomic E-state index is 12.5. The Kier molecular flexibility index (Phi) is 3.33. The van der Waals surface area contributed by atoms with Gasteiger partial charge >= 0.3 is 6.18 Å². The molecular formula is C12H15F3O. The van der Waals surface area contributed by atoms with Gasteiger partial charge in [0.1, 0.15) is 0 Å². The van der Waals surface area contributed by atoms with E-state index in [0.29, 0.717) is 5.56 Å². The highest BCUT2D eigenvalue weighted by atomic mass is 19.4. The molecule has 0 radical (unpaired) electrons. The summed E-state index contributed by atoms with van der Waals surface area (Å²) in [6, 6.07) is 6.11. The second-order valence-corrected chi connectivity index (χ2v) is 4.78. The second kappa shape index (κ2) is 4.09. The Balaban J connectivity index is 3.25. The van der Waals surface area contributed by atoms with Crippen molar-refractivity contribution in [2.75, 3.05) is 0 Å². The molecule has 90 valence electrons. The minimum absolute atomic E-state index is 0.0671. The number of hydrogen-bond acceptors (Lipinski definition) is 1. The van der Waals surface area contributed by atoms with E-state index < -0.39 is 17.7 Å². The van der Waals surface area contributed by atoms with Crippen LogP contribution >= 0.6 is 0 Å². The molecule has 0 aliphatic carbocycles. The maximum Gasteiger partial charge on any atom is 0.418 e. The summed E-state index contributed by atoms with van der Waals surface area (Å²) in [5, 5.41) is 9.28. The van der Waals surface area contributed by atoms with E-state index in [0.717, 1.165) is 0 Å². The van der Waals surface area contributed by atoms with Crippen molar-refractivity contribution in [1.29, 1.82) is 0 Å². The fourth-order valence-electron chi connectivity index (χ4n) is 1.59. The highest BCUT2D eigenvalue weighted by molar-refractivity contribution is 5.35. The summed E-state index contributed by atoms with van der Waals surface area (Å²) in [5.41, 5.74) is 0.0188. The van der Waals surface area contributed by atoms with E-state index >= 15 is 0 Å². The summed E-state index contributed by atoms with van der Waals surface area (Å²) >= 11 is 0. The first-order chi connectivity index (χ1) is 7.14. The van der Waals surface area contributed by atoms with Crippen LogP contribution in [0.1, 0.15) is 38.0 Å². The molecule has 0 spiro atoms. The van der Waals surface area contributed by atoms with Crippen LogP contribution in [0.3, 0.4) is 0 Å². The summed E-state index contributed by atoms with van der Waals surface area (Å²) < 4.78 is 37.4. The quantitative estimate of drug-likeness (QED) is 0.784. The molecule has 1 atom stereocenters. The topological polar surface area (TPSA) is 20.2 Å². The molecule has 1 nitrogen and oxygen atoms in total. The van der Waals surface area contributed by atoms with Crippen molar-refractivity contribution >= 4 is 0 Å². The smallest absolute Gasteiger partial charge is 0.379 e. The first kappa shape index (κ1) is 13.0. The lowest BCUT2D eigenvalue weighted by Gasteiger charge is -2.26. The largest absolute Gasteiger partial charge is 0.418 e. The summed E-state index contributed by atoms with van der Waals surface area (Å²) in [4.78, 5) is 0. The highest BCUT2D eigenvalue weighted by Gasteiger charge is 2.41. The van der Waals surface area contributed by atoms with Crippen LogP contribution in [0, 0.1) is 0 Å². The van der Waals surface area contributed by atoms with Gasteiger partial charge in [0.25, 0.3) is 0 Å². The predicted molar refractivity (Wildman–Crippen MR) is 56.2 cm³/mol. The number of hydrogen-bond donors (Lipinski definition) is 1. The minimum Gasteiger partial charge on any atom is -0.379 e. The molecule has 0 saturated heterocycles. The Bertz CT molecular complexity index is 363. The van der Waals surface area contributed by atoms with Crippen molar-refractivity contribution in [3.05, 3.63) is 35.4 Å². The van der Waals surface area contributed by atoms with Crippen molar-refractivity contribution in [2.45, 2.75) is 38.5 Å². The van der Waals surface area contributed by atoms with Crippen LogP contribution < -0.4 is 0 Å². The van der Waals surface area contributed by atoms with Crippen LogP contribution in [0.4, 0.5) is 13.2 Å². The van der Waals surface area contributed by atoms with Crippen molar-refractivity contribution in [3.63, 3.8) is 0 Å². The van der Waals surface area contributed by atoms with Gasteiger partial charge in [-0.1, -0.05) is 45.0 Å². The Morgan fingerprint density at radius 1 is 1.06 bits per heavy atom. The zero-order valence-electron chi connectivity index (χ0n) is 9.47. The number of aliphatic hydroxyl groups is 1. The van der Waals surface area contributed by atoms with E-state index in [9.17, 15) is 18.3 Å². The summed E-state index contributed by atoms with van der Waals surface area (Å²) in [6.07, 6.45) is -7.04. The average Bonchev–Trinajstić information content (AvgIpc) is 2.14. The van der Waals surface area contributed by atoms with Gasteiger partial charge in [0.2, 0.25) is 0 Å². The van der Waals surface area contributed by atoms with Crippen molar-refractivity contribution in [2.24, 2.45) is 0 Å². The SMILES string of the molecule is CC(C)(C)c1ccccc1[C@H](O)C(F)(F)F. The Morgan fingerprint density at radius 2 is 1.56 bits per heavy atom. The molecule has 4 heteroatoms. The monoisotopic (exact) mass is 232 g/mol. The lowest BCUT2D eigenvalue weighted by atomic mass is 9.82. The second-order valence-electron chi connectivity index (χ2n) is 4.78. The molecule has 0 bridgehead atoms. The molecule has 16 heavy (non-hydrogen) atoms. The predicted octanol–water partition coefficient (Wildman–Crippen LogP) is 3.58. The molecule has 0 unspecified atom stereocenters. The van der Waals surface area contributed by atoms with Crippen LogP contribution in [0.15, 0.2) is 24.3 Å². The van der Waals surface area contributed by atoms with E-state index in [-0.39, 0.29) is 5.56 Å². The van der Waals surface area contributed by atoms with E-state index in [1.807, 2.05) is 20.8 Å². The van der Waals surface area contributed by atoms with Crippen LogP contribution in [-0.4, -0.2) is 11.3 Å². The van der Waals surface area contributed by atoms with Crippen molar-refractivity contribution in [1.82, 2.24) is 0 Å². The molecule has 1 aromatic carbocycles. The van der Waals surface area contributed by atoms with Crippen LogP contribution in [0.25, 0.3) is 0 Å². The van der Waals surface area contributed by atoms with E-state index in [1.165, 1.54) is 12.1 Å². The highest BCUT2D eigenvalue weighted by Crippen LogP contribution is 2.37. The number of rotatable bonds is 1. The maximum atomic E-state index is 12.5. The lowest BCUT2D eigenvalue weighted by molar-refractivity contribution is -0.207.